The van der Waals surface area contributed by atoms with Crippen LogP contribution in [0.15, 0.2) is 60.7 Å². The summed E-state index contributed by atoms with van der Waals surface area (Å²) in [5.74, 6) is 1.78. The summed E-state index contributed by atoms with van der Waals surface area (Å²) in [6, 6.07) is 21.0. The van der Waals surface area contributed by atoms with Gasteiger partial charge in [0.05, 0.1) is 6.04 Å². The molecule has 0 amide bonds. The van der Waals surface area contributed by atoms with Gasteiger partial charge in [0.2, 0.25) is 0 Å². The fraction of sp³-hybridized carbons (Fsp3) is 0.333. The summed E-state index contributed by atoms with van der Waals surface area (Å²) < 4.78 is 2.15. The number of hydrogen-bond donors (Lipinski definition) is 0. The summed E-state index contributed by atoms with van der Waals surface area (Å²) in [5, 5.41) is 4.89. The Bertz CT molecular complexity index is 747. The van der Waals surface area contributed by atoms with Crippen LogP contribution in [0.2, 0.25) is 0 Å². The van der Waals surface area contributed by atoms with Crippen LogP contribution in [0, 0.1) is 0 Å². The molecule has 0 bridgehead atoms. The molecule has 1 atom stereocenters. The fourth-order valence-corrected chi connectivity index (χ4v) is 3.01. The highest BCUT2D eigenvalue weighted by molar-refractivity contribution is 5.61. The third kappa shape index (κ3) is 3.56. The molecule has 3 aromatic rings. The SMILES string of the molecule is CCCCC(CC)n1nc(-c2ccccc2)nc1-c1ccccc1. The molecule has 1 heterocycles. The molecule has 2 aromatic carbocycles. The van der Waals surface area contributed by atoms with Crippen LogP contribution in [0.1, 0.15) is 45.6 Å². The van der Waals surface area contributed by atoms with E-state index >= 15 is 0 Å². The lowest BCUT2D eigenvalue weighted by Crippen LogP contribution is -2.11. The summed E-state index contributed by atoms with van der Waals surface area (Å²) >= 11 is 0. The van der Waals surface area contributed by atoms with Gasteiger partial charge in [-0.05, 0) is 12.8 Å². The van der Waals surface area contributed by atoms with Gasteiger partial charge >= 0.3 is 0 Å². The molecule has 0 aliphatic carbocycles. The predicted molar refractivity (Wildman–Crippen MR) is 99.7 cm³/mol. The first kappa shape index (κ1) is 16.4. The molecule has 0 aliphatic heterocycles. The Labute approximate surface area is 144 Å². The lowest BCUT2D eigenvalue weighted by atomic mass is 10.1. The predicted octanol–water partition coefficient (Wildman–Crippen LogP) is 5.75. The van der Waals surface area contributed by atoms with E-state index in [9.17, 15) is 0 Å². The van der Waals surface area contributed by atoms with Gasteiger partial charge in [-0.15, -0.1) is 0 Å². The van der Waals surface area contributed by atoms with Crippen molar-refractivity contribution in [2.45, 2.75) is 45.6 Å². The fourth-order valence-electron chi connectivity index (χ4n) is 3.01. The molecule has 124 valence electrons. The first-order valence-corrected chi connectivity index (χ1v) is 8.90. The zero-order valence-electron chi connectivity index (χ0n) is 14.5. The molecule has 0 radical (unpaired) electrons. The van der Waals surface area contributed by atoms with Crippen molar-refractivity contribution < 1.29 is 0 Å². The van der Waals surface area contributed by atoms with E-state index in [0.29, 0.717) is 6.04 Å². The molecule has 1 aromatic heterocycles. The number of aromatic nitrogens is 3. The largest absolute Gasteiger partial charge is 0.242 e. The van der Waals surface area contributed by atoms with Crippen molar-refractivity contribution in [1.82, 2.24) is 14.8 Å². The van der Waals surface area contributed by atoms with Crippen LogP contribution in [-0.4, -0.2) is 14.8 Å². The number of benzene rings is 2. The highest BCUT2D eigenvalue weighted by Crippen LogP contribution is 2.28. The van der Waals surface area contributed by atoms with Crippen LogP contribution in [0.25, 0.3) is 22.8 Å². The smallest absolute Gasteiger partial charge is 0.181 e. The number of nitrogens with zero attached hydrogens (tertiary/aromatic N) is 3. The molecule has 0 spiro atoms. The Morgan fingerprint density at radius 2 is 1.50 bits per heavy atom. The topological polar surface area (TPSA) is 30.7 Å². The zero-order valence-corrected chi connectivity index (χ0v) is 14.5. The van der Waals surface area contributed by atoms with E-state index in [2.05, 4.69) is 54.9 Å². The summed E-state index contributed by atoms with van der Waals surface area (Å²) in [6.07, 6.45) is 4.63. The minimum absolute atomic E-state index is 0.394. The minimum atomic E-state index is 0.394. The molecule has 0 saturated carbocycles. The maximum atomic E-state index is 4.89. The molecule has 0 fully saturated rings. The standard InChI is InChI=1S/C21H25N3/c1-3-5-16-19(4-2)24-21(18-14-10-7-11-15-18)22-20(23-24)17-12-8-6-9-13-17/h6-15,19H,3-5,16H2,1-2H3. The number of rotatable bonds is 7. The second kappa shape index (κ2) is 7.91. The Morgan fingerprint density at radius 3 is 2.08 bits per heavy atom. The molecular weight excluding hydrogens is 294 g/mol. The van der Waals surface area contributed by atoms with E-state index in [4.69, 9.17) is 10.1 Å². The zero-order chi connectivity index (χ0) is 16.8. The molecular formula is C21H25N3. The van der Waals surface area contributed by atoms with Crippen LogP contribution < -0.4 is 0 Å². The first-order chi connectivity index (χ1) is 11.8. The average molecular weight is 319 g/mol. The second-order valence-corrected chi connectivity index (χ2v) is 6.14. The van der Waals surface area contributed by atoms with E-state index in [0.717, 1.165) is 35.6 Å². The van der Waals surface area contributed by atoms with E-state index in [1.54, 1.807) is 0 Å². The van der Waals surface area contributed by atoms with Gasteiger partial charge in [-0.1, -0.05) is 87.4 Å². The third-order valence-electron chi connectivity index (χ3n) is 4.40. The molecule has 0 N–H and O–H groups in total. The molecule has 3 nitrogen and oxygen atoms in total. The van der Waals surface area contributed by atoms with Crippen molar-refractivity contribution in [2.75, 3.05) is 0 Å². The first-order valence-electron chi connectivity index (χ1n) is 8.90. The number of unbranched alkanes of at least 4 members (excludes halogenated alkanes) is 1. The van der Waals surface area contributed by atoms with Crippen molar-refractivity contribution in [1.29, 1.82) is 0 Å². The van der Waals surface area contributed by atoms with Crippen molar-refractivity contribution in [2.24, 2.45) is 0 Å². The Hall–Kier alpha value is -2.42. The molecule has 3 rings (SSSR count). The maximum absolute atomic E-state index is 4.89. The monoisotopic (exact) mass is 319 g/mol. The third-order valence-corrected chi connectivity index (χ3v) is 4.40. The number of hydrogen-bond acceptors (Lipinski definition) is 2. The van der Waals surface area contributed by atoms with Gasteiger partial charge in [0.15, 0.2) is 11.6 Å². The van der Waals surface area contributed by atoms with E-state index in [-0.39, 0.29) is 0 Å². The molecule has 1 unspecified atom stereocenters. The van der Waals surface area contributed by atoms with E-state index < -0.39 is 0 Å². The summed E-state index contributed by atoms with van der Waals surface area (Å²) in [6.45, 7) is 4.47. The van der Waals surface area contributed by atoms with Gasteiger partial charge in [-0.2, -0.15) is 5.10 Å². The highest BCUT2D eigenvalue weighted by Gasteiger charge is 2.19. The maximum Gasteiger partial charge on any atom is 0.181 e. The van der Waals surface area contributed by atoms with Crippen molar-refractivity contribution in [3.05, 3.63) is 60.7 Å². The van der Waals surface area contributed by atoms with Crippen molar-refractivity contribution >= 4 is 0 Å². The quantitative estimate of drug-likeness (QED) is 0.555. The Kier molecular flexibility index (Phi) is 5.42. The second-order valence-electron chi connectivity index (χ2n) is 6.14. The summed E-state index contributed by atoms with van der Waals surface area (Å²) in [7, 11) is 0. The average Bonchev–Trinajstić information content (AvgIpc) is 3.09. The van der Waals surface area contributed by atoms with Gasteiger partial charge in [0.25, 0.3) is 0 Å². The van der Waals surface area contributed by atoms with Crippen LogP contribution in [0.5, 0.6) is 0 Å². The van der Waals surface area contributed by atoms with E-state index in [1.807, 2.05) is 24.3 Å². The molecule has 3 heteroatoms. The van der Waals surface area contributed by atoms with Crippen molar-refractivity contribution in [3.63, 3.8) is 0 Å². The Morgan fingerprint density at radius 1 is 0.875 bits per heavy atom. The minimum Gasteiger partial charge on any atom is -0.242 e. The van der Waals surface area contributed by atoms with Crippen LogP contribution >= 0.6 is 0 Å². The van der Waals surface area contributed by atoms with E-state index in [1.165, 1.54) is 12.8 Å². The van der Waals surface area contributed by atoms with Crippen LogP contribution in [0.4, 0.5) is 0 Å². The van der Waals surface area contributed by atoms with Gasteiger partial charge in [0.1, 0.15) is 0 Å². The lowest BCUT2D eigenvalue weighted by molar-refractivity contribution is 0.404. The van der Waals surface area contributed by atoms with Crippen LogP contribution in [0.3, 0.4) is 0 Å². The Balaban J connectivity index is 2.06. The molecule has 24 heavy (non-hydrogen) atoms. The normalized spacial score (nSPS) is 12.2. The van der Waals surface area contributed by atoms with Crippen molar-refractivity contribution in [3.8, 4) is 22.8 Å². The lowest BCUT2D eigenvalue weighted by Gasteiger charge is -2.17. The van der Waals surface area contributed by atoms with Crippen LogP contribution in [-0.2, 0) is 0 Å². The summed E-state index contributed by atoms with van der Waals surface area (Å²) in [5.41, 5.74) is 2.20. The van der Waals surface area contributed by atoms with Gasteiger partial charge in [-0.3, -0.25) is 0 Å². The molecule has 0 aliphatic rings. The molecule has 0 saturated heterocycles. The summed E-state index contributed by atoms with van der Waals surface area (Å²) in [4.78, 5) is 4.88. The van der Waals surface area contributed by atoms with Gasteiger partial charge < -0.3 is 0 Å². The highest BCUT2D eigenvalue weighted by atomic mass is 15.4. The van der Waals surface area contributed by atoms with Gasteiger partial charge in [-0.25, -0.2) is 9.67 Å². The van der Waals surface area contributed by atoms with Gasteiger partial charge in [0, 0.05) is 11.1 Å².